The van der Waals surface area contributed by atoms with E-state index in [0.29, 0.717) is 25.7 Å². The lowest BCUT2D eigenvalue weighted by atomic mass is 9.68. The maximum atomic E-state index is 11.9. The Labute approximate surface area is 459 Å². The molecule has 0 unspecified atom stereocenters. The van der Waals surface area contributed by atoms with Crippen molar-refractivity contribution in [3.63, 3.8) is 0 Å². The Morgan fingerprint density at radius 2 is 0.934 bits per heavy atom. The molecule has 5 aromatic rings. The molecule has 7 nitrogen and oxygen atoms in total. The molecule has 1 heterocycles. The number of aryl methyl sites for hydroxylation is 4. The van der Waals surface area contributed by atoms with Crippen molar-refractivity contribution in [2.75, 3.05) is 14.2 Å². The Morgan fingerprint density at radius 3 is 1.30 bits per heavy atom. The van der Waals surface area contributed by atoms with Gasteiger partial charge in [-0.3, -0.25) is 4.79 Å². The number of hydrogen-bond donors (Lipinski definition) is 2. The molecule has 0 spiro atoms. The van der Waals surface area contributed by atoms with Crippen LogP contribution in [0.4, 0.5) is 0 Å². The third kappa shape index (κ3) is 13.2. The minimum Gasteiger partial charge on any atom is -0.496 e. The van der Waals surface area contributed by atoms with Crippen molar-refractivity contribution in [3.8, 4) is 16.9 Å². The Bertz CT molecular complexity index is 2800. The van der Waals surface area contributed by atoms with Crippen molar-refractivity contribution in [2.24, 2.45) is 0 Å². The summed E-state index contributed by atoms with van der Waals surface area (Å²) in [5.41, 5.74) is 14.0. The van der Waals surface area contributed by atoms with E-state index in [4.69, 9.17) is 18.8 Å². The zero-order valence-corrected chi connectivity index (χ0v) is 49.8. The van der Waals surface area contributed by atoms with Crippen LogP contribution in [0, 0.1) is 27.7 Å². The van der Waals surface area contributed by atoms with E-state index < -0.39 is 11.2 Å². The first kappa shape index (κ1) is 61.6. The fraction of sp³-hybridized carbons (Fsp3) is 0.485. The molecule has 0 atom stereocenters. The van der Waals surface area contributed by atoms with E-state index in [1.807, 2.05) is 58.0 Å². The third-order valence-electron chi connectivity index (χ3n) is 17.9. The molecule has 1 saturated heterocycles. The number of methoxy groups -OCH3 is 2. The molecule has 1 aliphatic rings. The van der Waals surface area contributed by atoms with Gasteiger partial charge in [0, 0.05) is 16.4 Å². The Balaban J connectivity index is 0.000000282. The van der Waals surface area contributed by atoms with Gasteiger partial charge in [-0.1, -0.05) is 164 Å². The molecule has 0 aliphatic carbocycles. The van der Waals surface area contributed by atoms with Crippen LogP contribution in [0.15, 0.2) is 103 Å². The van der Waals surface area contributed by atoms with Crippen molar-refractivity contribution in [2.45, 2.75) is 202 Å². The smallest absolute Gasteiger partial charge is 0.495 e. The lowest BCUT2D eigenvalue weighted by molar-refractivity contribution is -0.139. The number of benzene rings is 5. The molecule has 6 rings (SSSR count). The molecule has 1 fully saturated rings. The molecule has 0 bridgehead atoms. The van der Waals surface area contributed by atoms with Crippen LogP contribution in [0.25, 0.3) is 23.3 Å². The number of ether oxygens (including phenoxy) is 2. The number of rotatable bonds is 21. The standard InChI is InChI=1S/C36H46O4.C32H47BO3/c1-9-35(38,10-2)20-19-28-14-15-29(21-25(28)5)36(11-3,12-4)30-16-17-31(26(6)22-30)32-23-27(24-34(37)40-8)13-18-33(32)39-7;1-11-31(34,12-2)20-19-25-15-16-26(21-23(25)5)32(13-3,14-4)27-17-18-28(24(6)22-27)33-35-29(7,8)30(9,10)36-33/h13-23,38H,9-12,24H2,1-8H3;15-22,34H,11-14H2,1-10H3/b2*20-19+. The van der Waals surface area contributed by atoms with Crippen LogP contribution in [0.5, 0.6) is 5.75 Å². The summed E-state index contributed by atoms with van der Waals surface area (Å²) in [5.74, 6) is 0.515. The van der Waals surface area contributed by atoms with Gasteiger partial charge in [-0.25, -0.2) is 0 Å². The van der Waals surface area contributed by atoms with E-state index in [9.17, 15) is 15.0 Å². The topological polar surface area (TPSA) is 94.5 Å². The summed E-state index contributed by atoms with van der Waals surface area (Å²) < 4.78 is 23.2. The van der Waals surface area contributed by atoms with Gasteiger partial charge in [0.2, 0.25) is 0 Å². The number of hydrogen-bond acceptors (Lipinski definition) is 7. The molecule has 1 aliphatic heterocycles. The van der Waals surface area contributed by atoms with Crippen molar-refractivity contribution in [1.82, 2.24) is 0 Å². The normalized spacial score (nSPS) is 14.8. The Morgan fingerprint density at radius 1 is 0.526 bits per heavy atom. The molecule has 2 N–H and O–H groups in total. The number of carbonyl (C=O) groups excluding carboxylic acids is 1. The van der Waals surface area contributed by atoms with E-state index in [1.165, 1.54) is 46.1 Å². The monoisotopic (exact) mass is 1030 g/mol. The quantitative estimate of drug-likeness (QED) is 0.0558. The fourth-order valence-corrected chi connectivity index (χ4v) is 11.0. The predicted octanol–water partition coefficient (Wildman–Crippen LogP) is 15.6. The summed E-state index contributed by atoms with van der Waals surface area (Å²) >= 11 is 0. The first-order chi connectivity index (χ1) is 35.9. The summed E-state index contributed by atoms with van der Waals surface area (Å²) in [6.45, 7) is 34.2. The number of esters is 1. The van der Waals surface area contributed by atoms with E-state index >= 15 is 0 Å². The maximum absolute atomic E-state index is 11.9. The Hall–Kier alpha value is -5.25. The van der Waals surface area contributed by atoms with Gasteiger partial charge in [0.05, 0.1) is 43.0 Å². The van der Waals surface area contributed by atoms with Crippen molar-refractivity contribution in [3.05, 3.63) is 164 Å². The molecule has 76 heavy (non-hydrogen) atoms. The van der Waals surface area contributed by atoms with Crippen molar-refractivity contribution >= 4 is 30.7 Å². The van der Waals surface area contributed by atoms with Gasteiger partial charge >= 0.3 is 13.1 Å². The lowest BCUT2D eigenvalue weighted by Gasteiger charge is -2.34. The first-order valence-electron chi connectivity index (χ1n) is 28.2. The van der Waals surface area contributed by atoms with Crippen molar-refractivity contribution < 1.29 is 33.8 Å². The van der Waals surface area contributed by atoms with E-state index in [2.05, 4.69) is 168 Å². The van der Waals surface area contributed by atoms with Crippen LogP contribution >= 0.6 is 0 Å². The summed E-state index contributed by atoms with van der Waals surface area (Å²) in [6.07, 6.45) is 15.1. The second-order valence-corrected chi connectivity index (χ2v) is 22.5. The van der Waals surface area contributed by atoms with Gasteiger partial charge < -0.3 is 29.0 Å². The van der Waals surface area contributed by atoms with Crippen LogP contribution in [-0.2, 0) is 36.1 Å². The van der Waals surface area contributed by atoms with E-state index in [1.54, 1.807) is 7.11 Å². The average molecular weight is 1030 g/mol. The second-order valence-electron chi connectivity index (χ2n) is 22.5. The molecule has 0 aromatic heterocycles. The predicted molar refractivity (Wildman–Crippen MR) is 320 cm³/mol. The third-order valence-corrected chi connectivity index (χ3v) is 17.9. The molecule has 0 saturated carbocycles. The number of aliphatic hydroxyl groups is 2. The minimum atomic E-state index is -0.761. The summed E-state index contributed by atoms with van der Waals surface area (Å²) in [5, 5.41) is 21.4. The highest BCUT2D eigenvalue weighted by atomic mass is 16.7. The number of carbonyl (C=O) groups is 1. The van der Waals surface area contributed by atoms with Crippen LogP contribution in [-0.4, -0.2) is 59.9 Å². The van der Waals surface area contributed by atoms with Gasteiger partial charge in [-0.15, -0.1) is 0 Å². The summed E-state index contributed by atoms with van der Waals surface area (Å²) in [6, 6.07) is 33.0. The van der Waals surface area contributed by atoms with E-state index in [0.717, 1.165) is 70.3 Å². The first-order valence-corrected chi connectivity index (χ1v) is 28.2. The SMILES string of the molecule is CCC(O)(/C=C/c1ccc(C(CC)(CC)c2ccc(-c3cc(CC(=O)OC)ccc3OC)c(C)c2)cc1C)CC.CCC(O)(/C=C/c1ccc(C(CC)(CC)c2ccc(B3OC(C)(C)C(C)(C)O3)c(C)c2)cc1C)CC. The highest BCUT2D eigenvalue weighted by molar-refractivity contribution is 6.62. The summed E-state index contributed by atoms with van der Waals surface area (Å²) in [4.78, 5) is 11.9. The molecular formula is C68H93BO7. The molecular weight excluding hydrogens is 940 g/mol. The van der Waals surface area contributed by atoms with Crippen LogP contribution in [0.3, 0.4) is 0 Å². The van der Waals surface area contributed by atoms with Crippen molar-refractivity contribution in [1.29, 1.82) is 0 Å². The Kier molecular flexibility index (Phi) is 20.7. The zero-order chi connectivity index (χ0) is 56.4. The van der Waals surface area contributed by atoms with Gasteiger partial charge in [0.1, 0.15) is 5.75 Å². The maximum Gasteiger partial charge on any atom is 0.495 e. The molecule has 410 valence electrons. The minimum absolute atomic E-state index is 0.0696. The highest BCUT2D eigenvalue weighted by Gasteiger charge is 2.52. The van der Waals surface area contributed by atoms with Gasteiger partial charge in [0.25, 0.3) is 0 Å². The van der Waals surface area contributed by atoms with E-state index in [-0.39, 0.29) is 41.5 Å². The van der Waals surface area contributed by atoms with Gasteiger partial charge in [0.15, 0.2) is 0 Å². The van der Waals surface area contributed by atoms with Crippen LogP contribution < -0.4 is 10.2 Å². The van der Waals surface area contributed by atoms with Crippen LogP contribution in [0.1, 0.15) is 196 Å². The summed E-state index contributed by atoms with van der Waals surface area (Å²) in [7, 11) is 2.74. The van der Waals surface area contributed by atoms with Gasteiger partial charge in [-0.05, 0) is 186 Å². The molecule has 8 heteroatoms. The molecule has 0 radical (unpaired) electrons. The molecule has 0 amide bonds. The molecule has 5 aromatic carbocycles. The average Bonchev–Trinajstić information content (AvgIpc) is 3.63. The fourth-order valence-electron chi connectivity index (χ4n) is 11.0. The highest BCUT2D eigenvalue weighted by Crippen LogP contribution is 2.44. The van der Waals surface area contributed by atoms with Gasteiger partial charge in [-0.2, -0.15) is 0 Å². The zero-order valence-electron chi connectivity index (χ0n) is 49.8. The largest absolute Gasteiger partial charge is 0.496 e. The second kappa shape index (κ2) is 25.5. The van der Waals surface area contributed by atoms with Crippen LogP contribution in [0.2, 0.25) is 0 Å². The lowest BCUT2D eigenvalue weighted by Crippen LogP contribution is -2.41.